The second kappa shape index (κ2) is 3.59. The maximum Gasteiger partial charge on any atom is 0.490 e. The maximum atomic E-state index is 12.0. The van der Waals surface area contributed by atoms with E-state index in [2.05, 4.69) is 10.1 Å². The van der Waals surface area contributed by atoms with Crippen LogP contribution in [0, 0.1) is 5.41 Å². The van der Waals surface area contributed by atoms with Crippen molar-refractivity contribution < 1.29 is 27.4 Å². The van der Waals surface area contributed by atoms with E-state index in [0.717, 1.165) is 0 Å². The van der Waals surface area contributed by atoms with Gasteiger partial charge in [-0.1, -0.05) is 0 Å². The fourth-order valence-corrected chi connectivity index (χ4v) is 2.19. The molecule has 1 saturated carbocycles. The smallest absolute Gasteiger partial charge is 0.439 e. The van der Waals surface area contributed by atoms with Gasteiger partial charge in [-0.3, -0.25) is 5.32 Å². The van der Waals surface area contributed by atoms with Crippen molar-refractivity contribution in [1.82, 2.24) is 5.32 Å². The van der Waals surface area contributed by atoms with Crippen LogP contribution in [0.1, 0.15) is 12.8 Å². The summed E-state index contributed by atoms with van der Waals surface area (Å²) in [6.45, 7) is 0.572. The Morgan fingerprint density at radius 2 is 2.06 bits per heavy atom. The van der Waals surface area contributed by atoms with Crippen LogP contribution in [0.25, 0.3) is 0 Å². The maximum absolute atomic E-state index is 12.0. The van der Waals surface area contributed by atoms with Crippen molar-refractivity contribution in [1.29, 1.82) is 0 Å². The lowest BCUT2D eigenvalue weighted by molar-refractivity contribution is -0.239. The zero-order chi connectivity index (χ0) is 12.0. The molecule has 7 heteroatoms. The average Bonchev–Trinajstić information content (AvgIpc) is 2.09. The molecule has 1 saturated heterocycles. The molecule has 0 aromatic carbocycles. The van der Waals surface area contributed by atoms with Crippen LogP contribution in [0.3, 0.4) is 0 Å². The molecule has 2 fully saturated rings. The van der Waals surface area contributed by atoms with E-state index in [1.54, 1.807) is 7.11 Å². The van der Waals surface area contributed by atoms with Crippen molar-refractivity contribution in [2.75, 3.05) is 13.7 Å². The molecule has 0 amide bonds. The summed E-state index contributed by atoms with van der Waals surface area (Å²) in [5.41, 5.74) is -0.346. The summed E-state index contributed by atoms with van der Waals surface area (Å²) >= 11 is 0. The summed E-state index contributed by atoms with van der Waals surface area (Å²) in [6.07, 6.45) is -4.43. The van der Waals surface area contributed by atoms with Gasteiger partial charge >= 0.3 is 12.1 Å². The first kappa shape index (κ1) is 11.7. The van der Waals surface area contributed by atoms with E-state index in [1.165, 1.54) is 0 Å². The van der Waals surface area contributed by atoms with E-state index >= 15 is 0 Å². The van der Waals surface area contributed by atoms with Crippen LogP contribution < -0.4 is 5.32 Å². The molecule has 2 rings (SSSR count). The van der Waals surface area contributed by atoms with Gasteiger partial charge in [-0.05, 0) is 12.8 Å². The number of nitrogens with one attached hydrogen (secondary N) is 1. The predicted octanol–water partition coefficient (Wildman–Crippen LogP) is 0.816. The third-order valence-electron chi connectivity index (χ3n) is 3.25. The molecule has 1 aliphatic carbocycles. The Morgan fingerprint density at radius 3 is 2.44 bits per heavy atom. The van der Waals surface area contributed by atoms with Gasteiger partial charge in [0.2, 0.25) is 0 Å². The molecular weight excluding hydrogens is 227 g/mol. The zero-order valence-corrected chi connectivity index (χ0v) is 8.63. The van der Waals surface area contributed by atoms with Crippen molar-refractivity contribution in [2.24, 2.45) is 5.41 Å². The van der Waals surface area contributed by atoms with Crippen molar-refractivity contribution in [3.05, 3.63) is 0 Å². The van der Waals surface area contributed by atoms with Gasteiger partial charge in [0.1, 0.15) is 0 Å². The Morgan fingerprint density at radius 1 is 1.44 bits per heavy atom. The molecule has 4 nitrogen and oxygen atoms in total. The topological polar surface area (TPSA) is 47.6 Å². The Balaban J connectivity index is 1.87. The van der Waals surface area contributed by atoms with Crippen LogP contribution in [-0.2, 0) is 14.3 Å². The lowest BCUT2D eigenvalue weighted by atomic mass is 9.61. The molecule has 92 valence electrons. The van der Waals surface area contributed by atoms with Gasteiger partial charge in [0.25, 0.3) is 0 Å². The molecule has 1 unspecified atom stereocenters. The number of esters is 1. The third-order valence-corrected chi connectivity index (χ3v) is 3.25. The highest BCUT2D eigenvalue weighted by Crippen LogP contribution is 2.50. The molecule has 16 heavy (non-hydrogen) atoms. The Kier molecular flexibility index (Phi) is 2.62. The summed E-state index contributed by atoms with van der Waals surface area (Å²) in [5.74, 6) is -2.13. The predicted molar refractivity (Wildman–Crippen MR) is 46.4 cm³/mol. The lowest BCUT2D eigenvalue weighted by Crippen LogP contribution is -2.70. The number of hydrogen-bond donors (Lipinski definition) is 1. The highest BCUT2D eigenvalue weighted by atomic mass is 19.4. The average molecular weight is 239 g/mol. The molecule has 0 radical (unpaired) electrons. The molecule has 1 N–H and O–H groups in total. The summed E-state index contributed by atoms with van der Waals surface area (Å²) in [7, 11) is 1.56. The van der Waals surface area contributed by atoms with Gasteiger partial charge < -0.3 is 9.47 Å². The van der Waals surface area contributed by atoms with E-state index in [1.807, 2.05) is 0 Å². The van der Waals surface area contributed by atoms with E-state index in [4.69, 9.17) is 4.74 Å². The molecule has 0 aromatic rings. The van der Waals surface area contributed by atoms with Crippen molar-refractivity contribution in [2.45, 2.75) is 31.3 Å². The highest BCUT2D eigenvalue weighted by molar-refractivity contribution is 5.75. The van der Waals surface area contributed by atoms with Gasteiger partial charge in [0.05, 0.1) is 6.10 Å². The quantitative estimate of drug-likeness (QED) is 0.725. The molecular formula is C9H12F3NO3. The molecule has 1 atom stereocenters. The van der Waals surface area contributed by atoms with E-state index in [0.29, 0.717) is 19.4 Å². The van der Waals surface area contributed by atoms with Crippen molar-refractivity contribution in [3.63, 3.8) is 0 Å². The number of alkyl halides is 3. The van der Waals surface area contributed by atoms with Gasteiger partial charge in [0.15, 0.2) is 6.23 Å². The first-order valence-electron chi connectivity index (χ1n) is 4.91. The first-order chi connectivity index (χ1) is 7.37. The zero-order valence-electron chi connectivity index (χ0n) is 8.63. The van der Waals surface area contributed by atoms with Gasteiger partial charge in [-0.15, -0.1) is 0 Å². The Bertz CT molecular complexity index is 299. The summed E-state index contributed by atoms with van der Waals surface area (Å²) in [4.78, 5) is 10.6. The highest BCUT2D eigenvalue weighted by Gasteiger charge is 2.59. The number of carbonyl (C=O) groups is 1. The van der Waals surface area contributed by atoms with Crippen molar-refractivity contribution in [3.8, 4) is 0 Å². The van der Waals surface area contributed by atoms with Crippen LogP contribution in [0.5, 0.6) is 0 Å². The lowest BCUT2D eigenvalue weighted by Gasteiger charge is -2.57. The minimum atomic E-state index is -4.93. The molecule has 0 bridgehead atoms. The number of hydrogen-bond acceptors (Lipinski definition) is 4. The van der Waals surface area contributed by atoms with Crippen molar-refractivity contribution >= 4 is 5.97 Å². The second-order valence-electron chi connectivity index (χ2n) is 4.29. The first-order valence-corrected chi connectivity index (χ1v) is 4.91. The van der Waals surface area contributed by atoms with E-state index in [9.17, 15) is 18.0 Å². The molecule has 0 aromatic heterocycles. The molecule has 1 heterocycles. The molecule has 2 aliphatic rings. The van der Waals surface area contributed by atoms with Crippen LogP contribution in [0.4, 0.5) is 13.2 Å². The number of rotatable bonds is 2. The second-order valence-corrected chi connectivity index (χ2v) is 4.29. The summed E-state index contributed by atoms with van der Waals surface area (Å²) in [5, 5.41) is 2.69. The van der Waals surface area contributed by atoms with Crippen LogP contribution >= 0.6 is 0 Å². The standard InChI is InChI=1S/C9H12F3NO3/c1-15-5-2-8(3-5)4-13-6(8)16-7(14)9(10,11)12/h5-6,13H,2-4H2,1H3. The normalized spacial score (nSPS) is 37.8. The summed E-state index contributed by atoms with van der Waals surface area (Å²) < 4.78 is 45.3. The molecule has 1 spiro atoms. The van der Waals surface area contributed by atoms with Gasteiger partial charge in [-0.2, -0.15) is 13.2 Å². The minimum Gasteiger partial charge on any atom is -0.439 e. The van der Waals surface area contributed by atoms with Crippen LogP contribution in [0.2, 0.25) is 0 Å². The minimum absolute atomic E-state index is 0.0641. The number of halogens is 3. The number of methoxy groups -OCH3 is 1. The van der Waals surface area contributed by atoms with Gasteiger partial charge in [0, 0.05) is 19.1 Å². The van der Waals surface area contributed by atoms with Crippen LogP contribution in [-0.4, -0.2) is 38.1 Å². The Labute approximate surface area is 90.1 Å². The van der Waals surface area contributed by atoms with E-state index < -0.39 is 18.4 Å². The third kappa shape index (κ3) is 1.78. The summed E-state index contributed by atoms with van der Waals surface area (Å²) in [6, 6.07) is 0. The number of carbonyl (C=O) groups excluding carboxylic acids is 1. The SMILES string of the molecule is COC1CC2(CNC2OC(=O)C(F)(F)F)C1. The largest absolute Gasteiger partial charge is 0.490 e. The number of ether oxygens (including phenoxy) is 2. The Hall–Kier alpha value is -0.820. The monoisotopic (exact) mass is 239 g/mol. The molecule has 1 aliphatic heterocycles. The van der Waals surface area contributed by atoms with Crippen LogP contribution in [0.15, 0.2) is 0 Å². The van der Waals surface area contributed by atoms with Gasteiger partial charge in [-0.25, -0.2) is 4.79 Å². The fourth-order valence-electron chi connectivity index (χ4n) is 2.19. The fraction of sp³-hybridized carbons (Fsp3) is 0.889. The van der Waals surface area contributed by atoms with E-state index in [-0.39, 0.29) is 11.5 Å².